The Bertz CT molecular complexity index is 623. The molecule has 0 aliphatic carbocycles. The highest BCUT2D eigenvalue weighted by Gasteiger charge is 2.13. The fourth-order valence-corrected chi connectivity index (χ4v) is 2.49. The van der Waals surface area contributed by atoms with Crippen molar-refractivity contribution in [3.8, 4) is 0 Å². The molecule has 116 valence electrons. The van der Waals surface area contributed by atoms with E-state index in [0.29, 0.717) is 27.9 Å². The molecule has 0 heterocycles. The van der Waals surface area contributed by atoms with E-state index in [0.717, 1.165) is 0 Å². The van der Waals surface area contributed by atoms with Gasteiger partial charge in [0.1, 0.15) is 0 Å². The first-order valence-electron chi connectivity index (χ1n) is 6.62. The fraction of sp³-hybridized carbons (Fsp3) is 0.188. The lowest BCUT2D eigenvalue weighted by Crippen LogP contribution is -2.15. The maximum absolute atomic E-state index is 12.3. The van der Waals surface area contributed by atoms with Crippen LogP contribution in [0.25, 0.3) is 0 Å². The molecule has 22 heavy (non-hydrogen) atoms. The molecule has 0 aliphatic rings. The van der Waals surface area contributed by atoms with Crippen LogP contribution in [0, 0.1) is 0 Å². The van der Waals surface area contributed by atoms with Gasteiger partial charge < -0.3 is 10.4 Å². The SMILES string of the molecule is O=C(CC(O)c1ccccc1)Nc1cccc(SC(F)F)c1. The Morgan fingerprint density at radius 1 is 1.14 bits per heavy atom. The van der Waals surface area contributed by atoms with E-state index in [1.807, 2.05) is 6.07 Å². The van der Waals surface area contributed by atoms with Gasteiger partial charge in [-0.3, -0.25) is 4.79 Å². The van der Waals surface area contributed by atoms with Crippen LogP contribution < -0.4 is 5.32 Å². The van der Waals surface area contributed by atoms with Crippen LogP contribution in [0.15, 0.2) is 59.5 Å². The monoisotopic (exact) mass is 323 g/mol. The van der Waals surface area contributed by atoms with E-state index in [1.165, 1.54) is 6.07 Å². The summed E-state index contributed by atoms with van der Waals surface area (Å²) in [5.74, 6) is -2.89. The highest BCUT2D eigenvalue weighted by Crippen LogP contribution is 2.27. The number of nitrogens with one attached hydrogen (secondary N) is 1. The van der Waals surface area contributed by atoms with Gasteiger partial charge >= 0.3 is 0 Å². The normalized spacial score (nSPS) is 12.2. The maximum Gasteiger partial charge on any atom is 0.288 e. The van der Waals surface area contributed by atoms with E-state index in [2.05, 4.69) is 5.32 Å². The number of hydrogen-bond acceptors (Lipinski definition) is 3. The van der Waals surface area contributed by atoms with Gasteiger partial charge in [0.2, 0.25) is 5.91 Å². The standard InChI is InChI=1S/C16H15F2NO2S/c17-16(18)22-13-8-4-7-12(9-13)19-15(21)10-14(20)11-5-2-1-3-6-11/h1-9,14,16,20H,10H2,(H,19,21). The second-order valence-electron chi connectivity index (χ2n) is 4.59. The molecule has 0 fully saturated rings. The van der Waals surface area contributed by atoms with Crippen LogP contribution >= 0.6 is 11.8 Å². The number of carbonyl (C=O) groups is 1. The quantitative estimate of drug-likeness (QED) is 0.788. The van der Waals surface area contributed by atoms with Gasteiger partial charge in [0.15, 0.2) is 0 Å². The Morgan fingerprint density at radius 3 is 2.55 bits per heavy atom. The Morgan fingerprint density at radius 2 is 1.86 bits per heavy atom. The average Bonchev–Trinajstić information content (AvgIpc) is 2.47. The molecular weight excluding hydrogens is 308 g/mol. The van der Waals surface area contributed by atoms with Gasteiger partial charge in [-0.05, 0) is 23.8 Å². The van der Waals surface area contributed by atoms with Crippen molar-refractivity contribution in [2.75, 3.05) is 5.32 Å². The molecule has 0 spiro atoms. The largest absolute Gasteiger partial charge is 0.388 e. The molecular formula is C16H15F2NO2S. The molecule has 0 aromatic heterocycles. The van der Waals surface area contributed by atoms with Crippen molar-refractivity contribution in [3.05, 3.63) is 60.2 Å². The third-order valence-corrected chi connectivity index (χ3v) is 3.61. The minimum Gasteiger partial charge on any atom is -0.388 e. The Kier molecular flexibility index (Phi) is 5.91. The molecule has 2 aromatic rings. The number of benzene rings is 2. The van der Waals surface area contributed by atoms with Crippen molar-refractivity contribution in [3.63, 3.8) is 0 Å². The van der Waals surface area contributed by atoms with Crippen LogP contribution in [0.5, 0.6) is 0 Å². The van der Waals surface area contributed by atoms with E-state index < -0.39 is 11.9 Å². The minimum absolute atomic E-state index is 0.101. The third-order valence-electron chi connectivity index (χ3n) is 2.91. The smallest absolute Gasteiger partial charge is 0.288 e. The molecule has 0 radical (unpaired) electrons. The predicted octanol–water partition coefficient (Wildman–Crippen LogP) is 4.06. The molecule has 1 atom stereocenters. The lowest BCUT2D eigenvalue weighted by molar-refractivity contribution is -0.118. The van der Waals surface area contributed by atoms with Gasteiger partial charge in [-0.2, -0.15) is 8.78 Å². The van der Waals surface area contributed by atoms with Crippen molar-refractivity contribution in [2.45, 2.75) is 23.2 Å². The molecule has 2 N–H and O–H groups in total. The van der Waals surface area contributed by atoms with E-state index in [1.54, 1.807) is 42.5 Å². The molecule has 2 aromatic carbocycles. The van der Waals surface area contributed by atoms with Crippen LogP contribution in [-0.2, 0) is 4.79 Å². The van der Waals surface area contributed by atoms with Crippen molar-refractivity contribution < 1.29 is 18.7 Å². The summed E-state index contributed by atoms with van der Waals surface area (Å²) in [6.45, 7) is 0. The summed E-state index contributed by atoms with van der Waals surface area (Å²) in [5.41, 5.74) is 1.08. The van der Waals surface area contributed by atoms with Crippen molar-refractivity contribution in [2.24, 2.45) is 0 Å². The topological polar surface area (TPSA) is 49.3 Å². The van der Waals surface area contributed by atoms with Crippen molar-refractivity contribution in [1.82, 2.24) is 0 Å². The van der Waals surface area contributed by atoms with Crippen LogP contribution in [0.3, 0.4) is 0 Å². The summed E-state index contributed by atoms with van der Waals surface area (Å²) in [4.78, 5) is 12.3. The van der Waals surface area contributed by atoms with Crippen LogP contribution in [0.2, 0.25) is 0 Å². The fourth-order valence-electron chi connectivity index (χ4n) is 1.93. The highest BCUT2D eigenvalue weighted by atomic mass is 32.2. The first-order chi connectivity index (χ1) is 10.5. The van der Waals surface area contributed by atoms with Gasteiger partial charge in [0.25, 0.3) is 5.76 Å². The van der Waals surface area contributed by atoms with E-state index in [9.17, 15) is 18.7 Å². The number of halogens is 2. The zero-order valence-electron chi connectivity index (χ0n) is 11.6. The average molecular weight is 323 g/mol. The Hall–Kier alpha value is -1.92. The van der Waals surface area contributed by atoms with Gasteiger partial charge in [-0.15, -0.1) is 0 Å². The number of carbonyl (C=O) groups excluding carboxylic acids is 1. The molecule has 0 saturated heterocycles. The van der Waals surface area contributed by atoms with Gasteiger partial charge in [-0.25, -0.2) is 0 Å². The molecule has 1 unspecified atom stereocenters. The molecule has 3 nitrogen and oxygen atoms in total. The van der Waals surface area contributed by atoms with Gasteiger partial charge in [0.05, 0.1) is 12.5 Å². The molecule has 0 saturated carbocycles. The summed E-state index contributed by atoms with van der Waals surface area (Å²) in [6, 6.07) is 15.1. The van der Waals surface area contributed by atoms with Gasteiger partial charge in [0, 0.05) is 10.6 Å². The summed E-state index contributed by atoms with van der Waals surface area (Å²) in [5, 5.41) is 12.6. The number of anilines is 1. The molecule has 6 heteroatoms. The van der Waals surface area contributed by atoms with Crippen molar-refractivity contribution >= 4 is 23.4 Å². The lowest BCUT2D eigenvalue weighted by Gasteiger charge is -2.11. The van der Waals surface area contributed by atoms with E-state index >= 15 is 0 Å². The highest BCUT2D eigenvalue weighted by molar-refractivity contribution is 7.99. The number of rotatable bonds is 6. The number of aliphatic hydroxyl groups is 1. The Labute approximate surface area is 131 Å². The number of thioether (sulfide) groups is 1. The van der Waals surface area contributed by atoms with Gasteiger partial charge in [-0.1, -0.05) is 48.2 Å². The second kappa shape index (κ2) is 7.91. The zero-order chi connectivity index (χ0) is 15.9. The van der Waals surface area contributed by atoms with E-state index in [-0.39, 0.29) is 12.3 Å². The number of hydrogen-bond donors (Lipinski definition) is 2. The van der Waals surface area contributed by atoms with Crippen molar-refractivity contribution in [1.29, 1.82) is 0 Å². The molecule has 1 amide bonds. The summed E-state index contributed by atoms with van der Waals surface area (Å²) < 4.78 is 24.6. The molecule has 0 aliphatic heterocycles. The maximum atomic E-state index is 12.3. The second-order valence-corrected chi connectivity index (χ2v) is 5.65. The number of alkyl halides is 2. The van der Waals surface area contributed by atoms with Crippen LogP contribution in [0.4, 0.5) is 14.5 Å². The Balaban J connectivity index is 1.94. The summed E-state index contributed by atoms with van der Waals surface area (Å²) >= 11 is 0.416. The number of aliphatic hydroxyl groups excluding tert-OH is 1. The van der Waals surface area contributed by atoms with Crippen LogP contribution in [-0.4, -0.2) is 16.8 Å². The first kappa shape index (κ1) is 16.5. The van der Waals surface area contributed by atoms with E-state index in [4.69, 9.17) is 0 Å². The lowest BCUT2D eigenvalue weighted by atomic mass is 10.1. The third kappa shape index (κ3) is 5.13. The first-order valence-corrected chi connectivity index (χ1v) is 7.50. The van der Waals surface area contributed by atoms with Crippen LogP contribution in [0.1, 0.15) is 18.1 Å². The molecule has 0 bridgehead atoms. The number of amides is 1. The minimum atomic E-state index is -2.51. The predicted molar refractivity (Wildman–Crippen MR) is 83.0 cm³/mol. The zero-order valence-corrected chi connectivity index (χ0v) is 12.4. The summed E-state index contributed by atoms with van der Waals surface area (Å²) in [6.07, 6.45) is -1.00. The molecule has 2 rings (SSSR count). The summed E-state index contributed by atoms with van der Waals surface area (Å²) in [7, 11) is 0.